The van der Waals surface area contributed by atoms with E-state index in [4.69, 9.17) is 22.1 Å². The van der Waals surface area contributed by atoms with Gasteiger partial charge in [0.25, 0.3) is 0 Å². The van der Waals surface area contributed by atoms with Crippen LogP contribution in [0.3, 0.4) is 0 Å². The van der Waals surface area contributed by atoms with Crippen LogP contribution in [0, 0.1) is 5.92 Å². The molecule has 0 aliphatic heterocycles. The van der Waals surface area contributed by atoms with E-state index >= 15 is 0 Å². The average molecular weight is 360 g/mol. The first kappa shape index (κ1) is 18.8. The van der Waals surface area contributed by atoms with E-state index in [9.17, 15) is 14.4 Å². The zero-order chi connectivity index (χ0) is 18.4. The SMILES string of the molecule is CCOC(=O)C(N)C(C(=O)c1ccccc1)C(=O)c1ccc(Cl)cc1. The summed E-state index contributed by atoms with van der Waals surface area (Å²) in [6.07, 6.45) is 0. The molecule has 0 aliphatic carbocycles. The van der Waals surface area contributed by atoms with E-state index < -0.39 is 29.5 Å². The zero-order valence-electron chi connectivity index (χ0n) is 13.6. The van der Waals surface area contributed by atoms with Crippen molar-refractivity contribution in [3.8, 4) is 0 Å². The number of hydrogen-bond donors (Lipinski definition) is 1. The van der Waals surface area contributed by atoms with Gasteiger partial charge < -0.3 is 10.5 Å². The Bertz CT molecular complexity index is 759. The van der Waals surface area contributed by atoms with Gasteiger partial charge in [0.15, 0.2) is 11.6 Å². The molecule has 130 valence electrons. The number of rotatable bonds is 7. The van der Waals surface area contributed by atoms with Crippen molar-refractivity contribution in [3.63, 3.8) is 0 Å². The second-order valence-electron chi connectivity index (χ2n) is 5.36. The highest BCUT2D eigenvalue weighted by Gasteiger charge is 2.38. The lowest BCUT2D eigenvalue weighted by Crippen LogP contribution is -2.47. The van der Waals surface area contributed by atoms with E-state index in [1.807, 2.05) is 0 Å². The van der Waals surface area contributed by atoms with Crippen molar-refractivity contribution in [2.75, 3.05) is 6.61 Å². The van der Waals surface area contributed by atoms with Crippen LogP contribution in [0.4, 0.5) is 0 Å². The highest BCUT2D eigenvalue weighted by Crippen LogP contribution is 2.20. The van der Waals surface area contributed by atoms with Crippen molar-refractivity contribution in [3.05, 3.63) is 70.7 Å². The largest absolute Gasteiger partial charge is 0.465 e. The van der Waals surface area contributed by atoms with Crippen molar-refractivity contribution in [1.29, 1.82) is 0 Å². The number of carbonyl (C=O) groups is 3. The fourth-order valence-corrected chi connectivity index (χ4v) is 2.52. The number of ether oxygens (including phenoxy) is 1. The minimum absolute atomic E-state index is 0.105. The molecule has 0 heterocycles. The van der Waals surface area contributed by atoms with Crippen LogP contribution in [0.2, 0.25) is 5.02 Å². The number of Topliss-reactive ketones (excluding diaryl/α,β-unsaturated/α-hetero) is 2. The molecule has 2 N–H and O–H groups in total. The van der Waals surface area contributed by atoms with Gasteiger partial charge in [-0.25, -0.2) is 0 Å². The lowest BCUT2D eigenvalue weighted by atomic mass is 9.84. The third kappa shape index (κ3) is 4.53. The van der Waals surface area contributed by atoms with E-state index in [1.54, 1.807) is 37.3 Å². The molecule has 2 unspecified atom stereocenters. The first-order valence-electron chi connectivity index (χ1n) is 7.77. The number of ketones is 2. The minimum Gasteiger partial charge on any atom is -0.465 e. The van der Waals surface area contributed by atoms with E-state index in [0.29, 0.717) is 10.6 Å². The Balaban J connectivity index is 2.41. The molecular formula is C19H18ClNO4. The van der Waals surface area contributed by atoms with Crippen molar-refractivity contribution < 1.29 is 19.1 Å². The van der Waals surface area contributed by atoms with Gasteiger partial charge in [0.05, 0.1) is 6.61 Å². The van der Waals surface area contributed by atoms with Gasteiger partial charge in [-0.3, -0.25) is 14.4 Å². The van der Waals surface area contributed by atoms with Gasteiger partial charge in [0.1, 0.15) is 12.0 Å². The molecule has 0 spiro atoms. The van der Waals surface area contributed by atoms with Crippen molar-refractivity contribution in [1.82, 2.24) is 0 Å². The molecule has 2 aromatic carbocycles. The summed E-state index contributed by atoms with van der Waals surface area (Å²) in [5.74, 6) is -3.24. The van der Waals surface area contributed by atoms with Crippen LogP contribution in [0.15, 0.2) is 54.6 Å². The maximum atomic E-state index is 12.9. The van der Waals surface area contributed by atoms with Crippen LogP contribution < -0.4 is 5.73 Å². The Kier molecular flexibility index (Phi) is 6.44. The predicted molar refractivity (Wildman–Crippen MR) is 94.7 cm³/mol. The molecule has 25 heavy (non-hydrogen) atoms. The normalized spacial score (nSPS) is 12.9. The molecule has 0 fully saturated rings. The summed E-state index contributed by atoms with van der Waals surface area (Å²) in [6, 6.07) is 12.9. The molecule has 2 aromatic rings. The zero-order valence-corrected chi connectivity index (χ0v) is 14.4. The van der Waals surface area contributed by atoms with Gasteiger partial charge in [0.2, 0.25) is 0 Å². The monoisotopic (exact) mass is 359 g/mol. The van der Waals surface area contributed by atoms with Gasteiger partial charge >= 0.3 is 5.97 Å². The van der Waals surface area contributed by atoms with Gasteiger partial charge in [0, 0.05) is 16.1 Å². The molecule has 5 nitrogen and oxygen atoms in total. The Morgan fingerprint density at radius 2 is 1.48 bits per heavy atom. The van der Waals surface area contributed by atoms with Gasteiger partial charge in [-0.05, 0) is 31.2 Å². The van der Waals surface area contributed by atoms with Crippen LogP contribution in [-0.2, 0) is 9.53 Å². The standard InChI is InChI=1S/C19H18ClNO4/c1-2-25-19(24)16(21)15(17(22)12-6-4-3-5-7-12)18(23)13-8-10-14(20)11-9-13/h3-11,15-16H,2,21H2,1H3. The quantitative estimate of drug-likeness (QED) is 0.466. The lowest BCUT2D eigenvalue weighted by Gasteiger charge is -2.20. The minimum atomic E-state index is -1.39. The van der Waals surface area contributed by atoms with Crippen LogP contribution in [0.25, 0.3) is 0 Å². The maximum Gasteiger partial charge on any atom is 0.324 e. The molecule has 0 saturated carbocycles. The van der Waals surface area contributed by atoms with Gasteiger partial charge in [-0.1, -0.05) is 41.9 Å². The Morgan fingerprint density at radius 1 is 0.960 bits per heavy atom. The van der Waals surface area contributed by atoms with Crippen LogP contribution in [0.1, 0.15) is 27.6 Å². The van der Waals surface area contributed by atoms with Crippen LogP contribution >= 0.6 is 11.6 Å². The lowest BCUT2D eigenvalue weighted by molar-refractivity contribution is -0.145. The van der Waals surface area contributed by atoms with E-state index in [0.717, 1.165) is 0 Å². The molecule has 0 aromatic heterocycles. The first-order valence-corrected chi connectivity index (χ1v) is 8.14. The molecular weight excluding hydrogens is 342 g/mol. The fourth-order valence-electron chi connectivity index (χ4n) is 2.40. The van der Waals surface area contributed by atoms with Crippen LogP contribution in [0.5, 0.6) is 0 Å². The summed E-state index contributed by atoms with van der Waals surface area (Å²) in [5.41, 5.74) is 6.46. The topological polar surface area (TPSA) is 86.5 Å². The third-order valence-electron chi connectivity index (χ3n) is 3.67. The second-order valence-corrected chi connectivity index (χ2v) is 5.79. The molecule has 0 amide bonds. The van der Waals surface area contributed by atoms with Gasteiger partial charge in [-0.2, -0.15) is 0 Å². The number of esters is 1. The van der Waals surface area contributed by atoms with Crippen molar-refractivity contribution >= 4 is 29.1 Å². The summed E-state index contributed by atoms with van der Waals surface area (Å²) in [7, 11) is 0. The summed E-state index contributed by atoms with van der Waals surface area (Å²) >= 11 is 5.83. The highest BCUT2D eigenvalue weighted by molar-refractivity contribution is 6.30. The van der Waals surface area contributed by atoms with Crippen LogP contribution in [-0.4, -0.2) is 30.2 Å². The summed E-state index contributed by atoms with van der Waals surface area (Å²) < 4.78 is 4.89. The highest BCUT2D eigenvalue weighted by atomic mass is 35.5. The molecule has 2 rings (SSSR count). The Hall–Kier alpha value is -2.50. The van der Waals surface area contributed by atoms with Crippen molar-refractivity contribution in [2.24, 2.45) is 11.7 Å². The number of carbonyl (C=O) groups excluding carboxylic acids is 3. The number of halogens is 1. The first-order chi connectivity index (χ1) is 12.0. The van der Waals surface area contributed by atoms with E-state index in [1.165, 1.54) is 24.3 Å². The number of hydrogen-bond acceptors (Lipinski definition) is 5. The molecule has 0 radical (unpaired) electrons. The summed E-state index contributed by atoms with van der Waals surface area (Å²) in [4.78, 5) is 37.7. The molecule has 0 bridgehead atoms. The Morgan fingerprint density at radius 3 is 2.00 bits per heavy atom. The summed E-state index contributed by atoms with van der Waals surface area (Å²) in [5, 5.41) is 0.456. The smallest absolute Gasteiger partial charge is 0.324 e. The van der Waals surface area contributed by atoms with E-state index in [-0.39, 0.29) is 12.2 Å². The molecule has 2 atom stereocenters. The van der Waals surface area contributed by atoms with Gasteiger partial charge in [-0.15, -0.1) is 0 Å². The molecule has 0 aliphatic rings. The number of nitrogens with two attached hydrogens (primary N) is 1. The van der Waals surface area contributed by atoms with E-state index in [2.05, 4.69) is 0 Å². The maximum absolute atomic E-state index is 12.9. The third-order valence-corrected chi connectivity index (χ3v) is 3.92. The number of benzene rings is 2. The second kappa shape index (κ2) is 8.55. The Labute approximate surface area is 150 Å². The predicted octanol–water partition coefficient (Wildman–Crippen LogP) is 2.91. The van der Waals surface area contributed by atoms with Crippen molar-refractivity contribution in [2.45, 2.75) is 13.0 Å². The molecule has 6 heteroatoms. The molecule has 0 saturated heterocycles. The summed E-state index contributed by atoms with van der Waals surface area (Å²) in [6.45, 7) is 1.73. The fraction of sp³-hybridized carbons (Fsp3) is 0.211. The average Bonchev–Trinajstić information content (AvgIpc) is 2.63.